The summed E-state index contributed by atoms with van der Waals surface area (Å²) < 4.78 is 33.2. The SMILES string of the molecule is O=S(=O)(c1ccc2c(c1)N(Cc1ccc(Cl)cc1)[C@@H]1CCCN21)N1CCOCC1. The molecule has 0 aromatic heterocycles. The van der Waals surface area contributed by atoms with Crippen molar-refractivity contribution < 1.29 is 13.2 Å². The van der Waals surface area contributed by atoms with Crippen LogP contribution in [0, 0.1) is 0 Å². The molecule has 0 N–H and O–H groups in total. The van der Waals surface area contributed by atoms with Crippen LogP contribution in [-0.4, -0.2) is 51.7 Å². The maximum Gasteiger partial charge on any atom is 0.243 e. The molecule has 0 aliphatic carbocycles. The summed E-state index contributed by atoms with van der Waals surface area (Å²) in [5.74, 6) is 0. The minimum atomic E-state index is -3.52. The Kier molecular flexibility index (Phi) is 4.94. The van der Waals surface area contributed by atoms with Crippen LogP contribution in [-0.2, 0) is 21.3 Å². The van der Waals surface area contributed by atoms with Gasteiger partial charge in [-0.3, -0.25) is 0 Å². The van der Waals surface area contributed by atoms with E-state index in [-0.39, 0.29) is 6.17 Å². The van der Waals surface area contributed by atoms with E-state index in [2.05, 4.69) is 9.80 Å². The Balaban J connectivity index is 1.50. The zero-order valence-electron chi connectivity index (χ0n) is 16.1. The minimum Gasteiger partial charge on any atom is -0.379 e. The lowest BCUT2D eigenvalue weighted by atomic mass is 10.1. The van der Waals surface area contributed by atoms with Crippen LogP contribution >= 0.6 is 11.6 Å². The first-order valence-electron chi connectivity index (χ1n) is 10.0. The maximum atomic E-state index is 13.2. The molecule has 2 saturated heterocycles. The summed E-state index contributed by atoms with van der Waals surface area (Å²) in [6, 6.07) is 13.5. The van der Waals surface area contributed by atoms with Gasteiger partial charge < -0.3 is 14.5 Å². The minimum absolute atomic E-state index is 0.280. The van der Waals surface area contributed by atoms with Gasteiger partial charge in [0.1, 0.15) is 6.17 Å². The van der Waals surface area contributed by atoms with Gasteiger partial charge in [0.25, 0.3) is 0 Å². The van der Waals surface area contributed by atoms with Gasteiger partial charge >= 0.3 is 0 Å². The van der Waals surface area contributed by atoms with Crippen LogP contribution in [0.2, 0.25) is 5.02 Å². The number of hydrogen-bond donors (Lipinski definition) is 0. The predicted molar refractivity (Wildman–Crippen MR) is 114 cm³/mol. The Morgan fingerprint density at radius 3 is 2.52 bits per heavy atom. The Morgan fingerprint density at radius 2 is 1.76 bits per heavy atom. The van der Waals surface area contributed by atoms with Crippen molar-refractivity contribution in [2.24, 2.45) is 0 Å². The lowest BCUT2D eigenvalue weighted by molar-refractivity contribution is 0.0730. The van der Waals surface area contributed by atoms with Crippen molar-refractivity contribution in [3.63, 3.8) is 0 Å². The number of morpholine rings is 1. The third kappa shape index (κ3) is 3.40. The van der Waals surface area contributed by atoms with Gasteiger partial charge in [0, 0.05) is 31.2 Å². The third-order valence-electron chi connectivity index (χ3n) is 6.02. The van der Waals surface area contributed by atoms with E-state index >= 15 is 0 Å². The first-order valence-corrected chi connectivity index (χ1v) is 11.9. The van der Waals surface area contributed by atoms with E-state index in [1.54, 1.807) is 6.07 Å². The van der Waals surface area contributed by atoms with E-state index < -0.39 is 10.0 Å². The van der Waals surface area contributed by atoms with Gasteiger partial charge in [-0.15, -0.1) is 0 Å². The molecule has 5 rings (SSSR count). The fraction of sp³-hybridized carbons (Fsp3) is 0.429. The van der Waals surface area contributed by atoms with Gasteiger partial charge in [0.2, 0.25) is 10.0 Å². The summed E-state index contributed by atoms with van der Waals surface area (Å²) in [6.45, 7) is 3.44. The van der Waals surface area contributed by atoms with Crippen molar-refractivity contribution in [1.82, 2.24) is 4.31 Å². The molecule has 6 nitrogen and oxygen atoms in total. The standard InChI is InChI=1S/C21H24ClN3O3S/c22-17-5-3-16(4-6-17)15-25-20-14-18(29(26,27)23-10-12-28-13-11-23)7-8-19(20)24-9-1-2-21(24)25/h3-8,14,21H,1-2,9-13,15H2/t21-/m1/s1. The third-order valence-corrected chi connectivity index (χ3v) is 8.17. The second kappa shape index (κ2) is 7.47. The molecule has 0 saturated carbocycles. The monoisotopic (exact) mass is 433 g/mol. The first kappa shape index (κ1) is 19.2. The molecular weight excluding hydrogens is 410 g/mol. The van der Waals surface area contributed by atoms with Crippen LogP contribution in [0.1, 0.15) is 18.4 Å². The summed E-state index contributed by atoms with van der Waals surface area (Å²) in [6.07, 6.45) is 2.50. The molecule has 3 aliphatic rings. The number of hydrogen-bond acceptors (Lipinski definition) is 5. The molecular formula is C21H24ClN3O3S. The summed E-state index contributed by atoms with van der Waals surface area (Å²) in [5, 5.41) is 0.719. The van der Waals surface area contributed by atoms with E-state index in [1.807, 2.05) is 36.4 Å². The van der Waals surface area contributed by atoms with Crippen molar-refractivity contribution in [3.05, 3.63) is 53.1 Å². The van der Waals surface area contributed by atoms with E-state index in [1.165, 1.54) is 4.31 Å². The molecule has 3 aliphatic heterocycles. The molecule has 3 heterocycles. The molecule has 2 fully saturated rings. The Labute approximate surface area is 176 Å². The normalized spacial score (nSPS) is 22.0. The predicted octanol–water partition coefficient (Wildman–Crippen LogP) is 3.31. The summed E-state index contributed by atoms with van der Waals surface area (Å²) in [5.41, 5.74) is 3.29. The zero-order chi connectivity index (χ0) is 20.0. The molecule has 2 aromatic carbocycles. The molecule has 0 amide bonds. The van der Waals surface area contributed by atoms with Crippen molar-refractivity contribution in [3.8, 4) is 0 Å². The van der Waals surface area contributed by atoms with Gasteiger partial charge in [-0.05, 0) is 48.7 Å². The van der Waals surface area contributed by atoms with Crippen LogP contribution in [0.4, 0.5) is 11.4 Å². The molecule has 8 heteroatoms. The van der Waals surface area contributed by atoms with Crippen molar-refractivity contribution in [1.29, 1.82) is 0 Å². The number of rotatable bonds is 4. The molecule has 2 aromatic rings. The number of sulfonamides is 1. The van der Waals surface area contributed by atoms with Gasteiger partial charge in [0.15, 0.2) is 0 Å². The highest BCUT2D eigenvalue weighted by molar-refractivity contribution is 7.89. The van der Waals surface area contributed by atoms with Gasteiger partial charge in [-0.1, -0.05) is 23.7 Å². The van der Waals surface area contributed by atoms with Crippen LogP contribution in [0.5, 0.6) is 0 Å². The van der Waals surface area contributed by atoms with E-state index in [9.17, 15) is 8.42 Å². The quantitative estimate of drug-likeness (QED) is 0.740. The molecule has 0 spiro atoms. The first-order chi connectivity index (χ1) is 14.0. The highest BCUT2D eigenvalue weighted by Crippen LogP contribution is 2.45. The molecule has 154 valence electrons. The second-order valence-corrected chi connectivity index (χ2v) is 10.1. The van der Waals surface area contributed by atoms with Crippen LogP contribution in [0.15, 0.2) is 47.4 Å². The average molecular weight is 434 g/mol. The topological polar surface area (TPSA) is 53.1 Å². The number of fused-ring (bicyclic) bond motifs is 3. The van der Waals surface area contributed by atoms with Crippen LogP contribution < -0.4 is 9.80 Å². The van der Waals surface area contributed by atoms with E-state index in [0.717, 1.165) is 47.9 Å². The zero-order valence-corrected chi connectivity index (χ0v) is 17.7. The van der Waals surface area contributed by atoms with Crippen LogP contribution in [0.3, 0.4) is 0 Å². The Morgan fingerprint density at radius 1 is 1.00 bits per heavy atom. The average Bonchev–Trinajstić information content (AvgIpc) is 3.32. The largest absolute Gasteiger partial charge is 0.379 e. The Hall–Kier alpha value is -1.80. The van der Waals surface area contributed by atoms with Crippen molar-refractivity contribution in [2.75, 3.05) is 42.6 Å². The number of anilines is 2. The number of ether oxygens (including phenoxy) is 1. The highest BCUT2D eigenvalue weighted by Gasteiger charge is 2.40. The summed E-state index contributed by atoms with van der Waals surface area (Å²) in [4.78, 5) is 5.10. The lowest BCUT2D eigenvalue weighted by Crippen LogP contribution is -2.40. The van der Waals surface area contributed by atoms with Crippen molar-refractivity contribution >= 4 is 33.0 Å². The second-order valence-electron chi connectivity index (χ2n) is 7.74. The van der Waals surface area contributed by atoms with Gasteiger partial charge in [0.05, 0.1) is 29.5 Å². The number of nitrogens with zero attached hydrogens (tertiary/aromatic N) is 3. The number of halogens is 1. The molecule has 0 radical (unpaired) electrons. The molecule has 1 atom stereocenters. The molecule has 0 unspecified atom stereocenters. The molecule has 29 heavy (non-hydrogen) atoms. The summed E-state index contributed by atoms with van der Waals surface area (Å²) in [7, 11) is -3.52. The van der Waals surface area contributed by atoms with Gasteiger partial charge in [-0.25, -0.2) is 8.42 Å². The fourth-order valence-corrected chi connectivity index (χ4v) is 6.12. The maximum absolute atomic E-state index is 13.2. The Bertz CT molecular complexity index is 1010. The van der Waals surface area contributed by atoms with E-state index in [0.29, 0.717) is 31.2 Å². The van der Waals surface area contributed by atoms with Crippen molar-refractivity contribution in [2.45, 2.75) is 30.4 Å². The number of benzene rings is 2. The highest BCUT2D eigenvalue weighted by atomic mass is 35.5. The lowest BCUT2D eigenvalue weighted by Gasteiger charge is -2.28. The fourth-order valence-electron chi connectivity index (χ4n) is 4.56. The summed E-state index contributed by atoms with van der Waals surface area (Å²) >= 11 is 6.04. The molecule has 0 bridgehead atoms. The van der Waals surface area contributed by atoms with Crippen LogP contribution in [0.25, 0.3) is 0 Å². The smallest absolute Gasteiger partial charge is 0.243 e. The van der Waals surface area contributed by atoms with E-state index in [4.69, 9.17) is 16.3 Å². The van der Waals surface area contributed by atoms with Gasteiger partial charge in [-0.2, -0.15) is 4.31 Å².